The first kappa shape index (κ1) is 18.9. The van der Waals surface area contributed by atoms with Crippen molar-refractivity contribution < 1.29 is 27.5 Å². The van der Waals surface area contributed by atoms with Crippen molar-refractivity contribution in [1.82, 2.24) is 0 Å². The van der Waals surface area contributed by atoms with E-state index in [1.165, 1.54) is 17.5 Å². The van der Waals surface area contributed by atoms with E-state index in [1.807, 2.05) is 0 Å². The van der Waals surface area contributed by atoms with E-state index in [-0.39, 0.29) is 18.0 Å². The second kappa shape index (κ2) is 7.40. The predicted molar refractivity (Wildman–Crippen MR) is 99.9 cm³/mol. The molecule has 27 heavy (non-hydrogen) atoms. The Kier molecular flexibility index (Phi) is 5.18. The van der Waals surface area contributed by atoms with E-state index in [0.717, 1.165) is 11.8 Å². The monoisotopic (exact) mass is 389 g/mol. The zero-order chi connectivity index (χ0) is 19.6. The number of Topliss-reactive ketones (excluding diaryl/α,β-unsaturated/α-hetero) is 1. The second-order valence-corrected chi connectivity index (χ2v) is 8.06. The predicted octanol–water partition coefficient (Wildman–Crippen LogP) is 2.06. The van der Waals surface area contributed by atoms with Crippen LogP contribution in [0.3, 0.4) is 0 Å². The van der Waals surface area contributed by atoms with Crippen LogP contribution in [-0.4, -0.2) is 46.7 Å². The van der Waals surface area contributed by atoms with Gasteiger partial charge < -0.3 is 9.47 Å². The zero-order valence-electron chi connectivity index (χ0n) is 15.0. The van der Waals surface area contributed by atoms with Gasteiger partial charge in [0.2, 0.25) is 10.0 Å². The molecule has 0 saturated heterocycles. The number of benzene rings is 2. The lowest BCUT2D eigenvalue weighted by Crippen LogP contribution is -2.27. The normalized spacial score (nSPS) is 13.2. The smallest absolute Gasteiger partial charge is 0.338 e. The van der Waals surface area contributed by atoms with Crippen molar-refractivity contribution in [3.8, 4) is 5.75 Å². The molecule has 0 atom stereocenters. The van der Waals surface area contributed by atoms with Gasteiger partial charge in [-0.15, -0.1) is 0 Å². The molecule has 0 aliphatic carbocycles. The summed E-state index contributed by atoms with van der Waals surface area (Å²) < 4.78 is 35.0. The maximum absolute atomic E-state index is 12.2. The maximum atomic E-state index is 12.2. The number of esters is 1. The van der Waals surface area contributed by atoms with Crippen LogP contribution in [0, 0.1) is 0 Å². The minimum atomic E-state index is -3.34. The highest BCUT2D eigenvalue weighted by atomic mass is 32.2. The molecule has 0 unspecified atom stereocenters. The summed E-state index contributed by atoms with van der Waals surface area (Å²) in [5, 5.41) is 0. The minimum absolute atomic E-state index is 0.284. The number of ketones is 1. The van der Waals surface area contributed by atoms with Gasteiger partial charge in [-0.3, -0.25) is 9.10 Å². The van der Waals surface area contributed by atoms with Crippen LogP contribution in [0.5, 0.6) is 5.75 Å². The number of carbonyl (C=O) groups excluding carboxylic acids is 2. The van der Waals surface area contributed by atoms with Gasteiger partial charge in [-0.05, 0) is 54.4 Å². The number of ether oxygens (including phenoxy) is 2. The van der Waals surface area contributed by atoms with Crippen molar-refractivity contribution in [2.45, 2.75) is 6.42 Å². The minimum Gasteiger partial charge on any atom is -0.497 e. The van der Waals surface area contributed by atoms with E-state index in [0.29, 0.717) is 30.0 Å². The Labute approximate surface area is 157 Å². The maximum Gasteiger partial charge on any atom is 0.338 e. The molecule has 0 N–H and O–H groups in total. The number of anilines is 1. The van der Waals surface area contributed by atoms with Gasteiger partial charge in [0.25, 0.3) is 0 Å². The molecule has 7 nitrogen and oxygen atoms in total. The third kappa shape index (κ3) is 4.11. The Bertz CT molecular complexity index is 982. The van der Waals surface area contributed by atoms with E-state index in [2.05, 4.69) is 0 Å². The van der Waals surface area contributed by atoms with Gasteiger partial charge in [0.15, 0.2) is 12.4 Å². The van der Waals surface area contributed by atoms with Crippen LogP contribution in [0.2, 0.25) is 0 Å². The van der Waals surface area contributed by atoms with Crippen LogP contribution >= 0.6 is 0 Å². The van der Waals surface area contributed by atoms with Gasteiger partial charge in [0.05, 0.1) is 24.6 Å². The van der Waals surface area contributed by atoms with Gasteiger partial charge in [0, 0.05) is 12.1 Å². The molecule has 1 aliphatic heterocycles. The Hall–Kier alpha value is -2.87. The van der Waals surface area contributed by atoms with Gasteiger partial charge >= 0.3 is 5.97 Å². The van der Waals surface area contributed by atoms with Crippen LogP contribution in [0.1, 0.15) is 26.3 Å². The van der Waals surface area contributed by atoms with Crippen molar-refractivity contribution in [3.63, 3.8) is 0 Å². The van der Waals surface area contributed by atoms with Gasteiger partial charge in [0.1, 0.15) is 5.75 Å². The summed E-state index contributed by atoms with van der Waals surface area (Å²) in [5.74, 6) is -0.322. The SMILES string of the molecule is COc1ccc(C(=O)COC(=O)c2ccc3c(c2)CCN3S(C)(=O)=O)cc1. The number of fused-ring (bicyclic) bond motifs is 1. The molecule has 0 saturated carbocycles. The third-order valence-corrected chi connectivity index (χ3v) is 5.49. The Balaban J connectivity index is 1.66. The van der Waals surface area contributed by atoms with E-state index in [9.17, 15) is 18.0 Å². The fourth-order valence-corrected chi connectivity index (χ4v) is 3.88. The number of carbonyl (C=O) groups is 2. The van der Waals surface area contributed by atoms with Crippen molar-refractivity contribution in [1.29, 1.82) is 0 Å². The number of sulfonamides is 1. The molecular formula is C19H19NO6S. The molecule has 0 fully saturated rings. The molecule has 0 aromatic heterocycles. The lowest BCUT2D eigenvalue weighted by Gasteiger charge is -2.16. The molecule has 3 rings (SSSR count). The summed E-state index contributed by atoms with van der Waals surface area (Å²) in [6, 6.07) is 11.2. The third-order valence-electron chi connectivity index (χ3n) is 4.31. The summed E-state index contributed by atoms with van der Waals surface area (Å²) in [6.45, 7) is -0.0274. The number of hydrogen-bond acceptors (Lipinski definition) is 6. The zero-order valence-corrected chi connectivity index (χ0v) is 15.8. The molecule has 1 aliphatic rings. The number of methoxy groups -OCH3 is 1. The van der Waals surface area contributed by atoms with Gasteiger partial charge in [-0.2, -0.15) is 0 Å². The highest BCUT2D eigenvalue weighted by Gasteiger charge is 2.27. The fraction of sp³-hybridized carbons (Fsp3) is 0.263. The lowest BCUT2D eigenvalue weighted by molar-refractivity contribution is 0.0474. The first-order chi connectivity index (χ1) is 12.8. The average molecular weight is 389 g/mol. The molecular weight excluding hydrogens is 370 g/mol. The van der Waals surface area contributed by atoms with Crippen LogP contribution in [0.15, 0.2) is 42.5 Å². The van der Waals surface area contributed by atoms with Crippen molar-refractivity contribution >= 4 is 27.5 Å². The van der Waals surface area contributed by atoms with Crippen LogP contribution < -0.4 is 9.04 Å². The summed E-state index contributed by atoms with van der Waals surface area (Å²) >= 11 is 0. The van der Waals surface area contributed by atoms with Crippen molar-refractivity contribution in [2.24, 2.45) is 0 Å². The topological polar surface area (TPSA) is 90.0 Å². The standard InChI is InChI=1S/C19H19NO6S/c1-25-16-6-3-13(4-7-16)18(21)12-26-19(22)15-5-8-17-14(11-15)9-10-20(17)27(2,23)24/h3-8,11H,9-10,12H2,1-2H3. The first-order valence-corrected chi connectivity index (χ1v) is 10.1. The molecule has 1 heterocycles. The summed E-state index contributed by atoms with van der Waals surface area (Å²) in [5.41, 5.74) is 2.03. The summed E-state index contributed by atoms with van der Waals surface area (Å²) in [4.78, 5) is 24.4. The molecule has 0 radical (unpaired) electrons. The van der Waals surface area contributed by atoms with Crippen LogP contribution in [0.4, 0.5) is 5.69 Å². The molecule has 8 heteroatoms. The van der Waals surface area contributed by atoms with Crippen LogP contribution in [0.25, 0.3) is 0 Å². The molecule has 0 bridgehead atoms. The van der Waals surface area contributed by atoms with Crippen molar-refractivity contribution in [2.75, 3.05) is 30.8 Å². The fourth-order valence-electron chi connectivity index (χ4n) is 2.92. The van der Waals surface area contributed by atoms with E-state index in [4.69, 9.17) is 9.47 Å². The lowest BCUT2D eigenvalue weighted by atomic mass is 10.1. The molecule has 2 aromatic carbocycles. The highest BCUT2D eigenvalue weighted by molar-refractivity contribution is 7.92. The summed E-state index contributed by atoms with van der Waals surface area (Å²) in [6.07, 6.45) is 1.67. The number of rotatable bonds is 6. The van der Waals surface area contributed by atoms with Gasteiger partial charge in [-0.25, -0.2) is 13.2 Å². The molecule has 2 aromatic rings. The summed E-state index contributed by atoms with van der Waals surface area (Å²) in [7, 11) is -1.81. The second-order valence-electron chi connectivity index (χ2n) is 6.16. The Morgan fingerprint density at radius 3 is 2.37 bits per heavy atom. The van der Waals surface area contributed by atoms with E-state index < -0.39 is 16.0 Å². The van der Waals surface area contributed by atoms with Gasteiger partial charge in [-0.1, -0.05) is 0 Å². The highest BCUT2D eigenvalue weighted by Crippen LogP contribution is 2.30. The van der Waals surface area contributed by atoms with E-state index >= 15 is 0 Å². The van der Waals surface area contributed by atoms with Crippen molar-refractivity contribution in [3.05, 3.63) is 59.2 Å². The Morgan fingerprint density at radius 1 is 1.07 bits per heavy atom. The molecule has 0 spiro atoms. The molecule has 142 valence electrons. The molecule has 0 amide bonds. The number of nitrogens with zero attached hydrogens (tertiary/aromatic N) is 1. The Morgan fingerprint density at radius 2 is 1.74 bits per heavy atom. The quantitative estimate of drug-likeness (QED) is 0.555. The largest absolute Gasteiger partial charge is 0.497 e. The first-order valence-electron chi connectivity index (χ1n) is 8.24. The van der Waals surface area contributed by atoms with Crippen LogP contribution in [-0.2, 0) is 21.2 Å². The number of hydrogen-bond donors (Lipinski definition) is 0. The van der Waals surface area contributed by atoms with E-state index in [1.54, 1.807) is 36.4 Å². The average Bonchev–Trinajstić information content (AvgIpc) is 3.09.